The lowest BCUT2D eigenvalue weighted by Crippen LogP contribution is -2.47. The third-order valence-corrected chi connectivity index (χ3v) is 11.7. The SMILES string of the molecule is CC1(C)[C@@]2(C(=O)NCCCCCNC(=O)[C@@]34CC[C@](C)(C(=O)C3)C4(C)C)CC[C@]1(C)C(=O)C2. The number of hydrogen-bond acceptors (Lipinski definition) is 4. The van der Waals surface area contributed by atoms with Crippen LogP contribution in [0, 0.1) is 32.5 Å². The number of unbranched alkanes of at least 4 members (excludes halogenated alkanes) is 2. The number of nitrogens with one attached hydrogen (secondary N) is 2. The molecule has 4 aliphatic carbocycles. The molecule has 0 aromatic heterocycles. The van der Waals surface area contributed by atoms with Gasteiger partial charge in [-0.2, -0.15) is 0 Å². The summed E-state index contributed by atoms with van der Waals surface area (Å²) in [5.74, 6) is 0.538. The minimum atomic E-state index is -0.562. The van der Waals surface area contributed by atoms with Gasteiger partial charge in [0.05, 0.1) is 10.8 Å². The highest BCUT2D eigenvalue weighted by Gasteiger charge is 2.73. The second-order valence-corrected chi connectivity index (χ2v) is 12.9. The Balaban J connectivity index is 1.20. The summed E-state index contributed by atoms with van der Waals surface area (Å²) in [5.41, 5.74) is -2.50. The molecule has 4 aliphatic rings. The summed E-state index contributed by atoms with van der Waals surface area (Å²) in [7, 11) is 0. The van der Waals surface area contributed by atoms with Gasteiger partial charge in [0.2, 0.25) is 11.8 Å². The molecular weight excluding hydrogens is 416 g/mol. The summed E-state index contributed by atoms with van der Waals surface area (Å²) in [6, 6.07) is 0. The molecule has 6 heteroatoms. The van der Waals surface area contributed by atoms with Gasteiger partial charge in [-0.1, -0.05) is 41.5 Å². The fourth-order valence-corrected chi connectivity index (χ4v) is 7.89. The van der Waals surface area contributed by atoms with E-state index in [9.17, 15) is 19.2 Å². The molecule has 0 radical (unpaired) electrons. The van der Waals surface area contributed by atoms with Crippen LogP contribution in [0.5, 0.6) is 0 Å². The summed E-state index contributed by atoms with van der Waals surface area (Å²) < 4.78 is 0. The molecule has 184 valence electrons. The molecule has 0 aromatic rings. The van der Waals surface area contributed by atoms with E-state index in [0.717, 1.165) is 44.9 Å². The molecule has 0 saturated heterocycles. The maximum Gasteiger partial charge on any atom is 0.227 e. The molecule has 33 heavy (non-hydrogen) atoms. The normalized spacial score (nSPS) is 39.8. The number of ketones is 2. The van der Waals surface area contributed by atoms with E-state index in [4.69, 9.17) is 0 Å². The number of fused-ring (bicyclic) bond motifs is 4. The van der Waals surface area contributed by atoms with Gasteiger partial charge in [0, 0.05) is 36.8 Å². The van der Waals surface area contributed by atoms with E-state index < -0.39 is 10.8 Å². The Morgan fingerprint density at radius 2 is 1.00 bits per heavy atom. The van der Waals surface area contributed by atoms with Gasteiger partial charge >= 0.3 is 0 Å². The zero-order valence-corrected chi connectivity index (χ0v) is 21.4. The van der Waals surface area contributed by atoms with Crippen LogP contribution in [0.3, 0.4) is 0 Å². The highest BCUT2D eigenvalue weighted by Crippen LogP contribution is 2.71. The molecule has 4 fully saturated rings. The molecule has 0 heterocycles. The van der Waals surface area contributed by atoms with Crippen molar-refractivity contribution in [2.24, 2.45) is 32.5 Å². The smallest absolute Gasteiger partial charge is 0.227 e. The van der Waals surface area contributed by atoms with Gasteiger partial charge < -0.3 is 10.6 Å². The Kier molecular flexibility index (Phi) is 5.46. The van der Waals surface area contributed by atoms with Crippen LogP contribution < -0.4 is 10.6 Å². The van der Waals surface area contributed by atoms with Crippen LogP contribution in [-0.4, -0.2) is 36.5 Å². The molecule has 4 bridgehead atoms. The van der Waals surface area contributed by atoms with Crippen molar-refractivity contribution in [1.29, 1.82) is 0 Å². The van der Waals surface area contributed by atoms with Gasteiger partial charge in [-0.3, -0.25) is 19.2 Å². The maximum atomic E-state index is 13.1. The number of Topliss-reactive ketones (excluding diaryl/α,β-unsaturated/α-hetero) is 2. The monoisotopic (exact) mass is 458 g/mol. The number of rotatable bonds is 8. The second-order valence-electron chi connectivity index (χ2n) is 12.9. The molecule has 2 amide bonds. The molecule has 0 aliphatic heterocycles. The summed E-state index contributed by atoms with van der Waals surface area (Å²) >= 11 is 0. The van der Waals surface area contributed by atoms with Crippen LogP contribution in [0.4, 0.5) is 0 Å². The van der Waals surface area contributed by atoms with Gasteiger partial charge in [-0.25, -0.2) is 0 Å². The van der Waals surface area contributed by atoms with E-state index in [1.807, 2.05) is 13.8 Å². The van der Waals surface area contributed by atoms with E-state index in [0.29, 0.717) is 25.9 Å². The minimum absolute atomic E-state index is 0.0342. The number of carbonyl (C=O) groups is 4. The summed E-state index contributed by atoms with van der Waals surface area (Å²) in [6.45, 7) is 13.6. The summed E-state index contributed by atoms with van der Waals surface area (Å²) in [6.07, 6.45) is 6.51. The van der Waals surface area contributed by atoms with Gasteiger partial charge in [0.25, 0.3) is 0 Å². The third kappa shape index (κ3) is 2.84. The van der Waals surface area contributed by atoms with Crippen molar-refractivity contribution in [2.45, 2.75) is 99.3 Å². The van der Waals surface area contributed by atoms with Crippen LogP contribution >= 0.6 is 0 Å². The van der Waals surface area contributed by atoms with Gasteiger partial charge in [0.15, 0.2) is 0 Å². The van der Waals surface area contributed by atoms with Crippen LogP contribution in [0.25, 0.3) is 0 Å². The average molecular weight is 459 g/mol. The van der Waals surface area contributed by atoms with Crippen molar-refractivity contribution in [3.05, 3.63) is 0 Å². The molecule has 4 atom stereocenters. The van der Waals surface area contributed by atoms with E-state index in [1.165, 1.54) is 0 Å². The quantitative estimate of drug-likeness (QED) is 0.539. The van der Waals surface area contributed by atoms with Crippen LogP contribution in [-0.2, 0) is 19.2 Å². The Morgan fingerprint density at radius 1 is 0.636 bits per heavy atom. The van der Waals surface area contributed by atoms with Crippen LogP contribution in [0.1, 0.15) is 99.3 Å². The van der Waals surface area contributed by atoms with E-state index in [-0.39, 0.29) is 45.0 Å². The van der Waals surface area contributed by atoms with Crippen molar-refractivity contribution in [3.63, 3.8) is 0 Å². The first-order valence-electron chi connectivity index (χ1n) is 12.9. The highest BCUT2D eigenvalue weighted by atomic mass is 16.2. The molecule has 0 unspecified atom stereocenters. The molecule has 2 N–H and O–H groups in total. The van der Waals surface area contributed by atoms with Gasteiger partial charge in [-0.15, -0.1) is 0 Å². The topological polar surface area (TPSA) is 92.3 Å². The number of carbonyl (C=O) groups excluding carboxylic acids is 4. The molecular formula is C27H42N2O4. The van der Waals surface area contributed by atoms with Crippen molar-refractivity contribution in [1.82, 2.24) is 10.6 Å². The second kappa shape index (κ2) is 7.39. The lowest BCUT2D eigenvalue weighted by Gasteiger charge is -2.38. The Hall–Kier alpha value is -1.72. The molecule has 4 rings (SSSR count). The van der Waals surface area contributed by atoms with Crippen molar-refractivity contribution in [3.8, 4) is 0 Å². The van der Waals surface area contributed by atoms with Gasteiger partial charge in [-0.05, 0) is 55.8 Å². The van der Waals surface area contributed by atoms with Crippen molar-refractivity contribution < 1.29 is 19.2 Å². The minimum Gasteiger partial charge on any atom is -0.356 e. The zero-order valence-electron chi connectivity index (χ0n) is 21.4. The largest absolute Gasteiger partial charge is 0.356 e. The Morgan fingerprint density at radius 3 is 1.27 bits per heavy atom. The first-order chi connectivity index (χ1) is 15.2. The molecule has 0 aromatic carbocycles. The van der Waals surface area contributed by atoms with Crippen LogP contribution in [0.15, 0.2) is 0 Å². The van der Waals surface area contributed by atoms with E-state index in [2.05, 4.69) is 38.3 Å². The van der Waals surface area contributed by atoms with Gasteiger partial charge in [0.1, 0.15) is 11.6 Å². The standard InChI is InChI=1S/C27H42N2O4/c1-22(2)24(5)10-12-26(22,16-18(24)30)20(32)28-14-8-7-9-15-29-21(33)27-13-11-25(6,19(31)17-27)23(27,3)4/h7-17H2,1-6H3,(H,28,32)(H,29,33)/t24-,25-,26-,27+/m1/s1. The lowest BCUT2D eigenvalue weighted by atomic mass is 9.64. The molecule has 4 saturated carbocycles. The van der Waals surface area contributed by atoms with E-state index in [1.54, 1.807) is 0 Å². The molecule has 6 nitrogen and oxygen atoms in total. The van der Waals surface area contributed by atoms with Crippen molar-refractivity contribution >= 4 is 23.4 Å². The zero-order chi connectivity index (χ0) is 24.5. The predicted molar refractivity (Wildman–Crippen MR) is 126 cm³/mol. The highest BCUT2D eigenvalue weighted by molar-refractivity contribution is 6.00. The van der Waals surface area contributed by atoms with E-state index >= 15 is 0 Å². The molecule has 0 spiro atoms. The fourth-order valence-electron chi connectivity index (χ4n) is 7.89. The third-order valence-electron chi connectivity index (χ3n) is 11.7. The maximum absolute atomic E-state index is 13.1. The number of hydrogen-bond donors (Lipinski definition) is 2. The lowest BCUT2D eigenvalue weighted by molar-refractivity contribution is -0.136. The average Bonchev–Trinajstić information content (AvgIpc) is 3.20. The van der Waals surface area contributed by atoms with Crippen LogP contribution in [0.2, 0.25) is 0 Å². The first-order valence-corrected chi connectivity index (χ1v) is 12.9. The first kappa shape index (κ1) is 24.4. The fraction of sp³-hybridized carbons (Fsp3) is 0.852. The Labute approximate surface area is 198 Å². The van der Waals surface area contributed by atoms with Crippen molar-refractivity contribution in [2.75, 3.05) is 13.1 Å². The number of amides is 2. The summed E-state index contributed by atoms with van der Waals surface area (Å²) in [5, 5.41) is 6.21. The summed E-state index contributed by atoms with van der Waals surface area (Å²) in [4.78, 5) is 51.3. The predicted octanol–water partition coefficient (Wildman–Crippen LogP) is 3.96. The Bertz CT molecular complexity index is 836.